The molecule has 0 bridgehead atoms. The van der Waals surface area contributed by atoms with E-state index in [0.717, 1.165) is 5.75 Å². The molecule has 2 aromatic carbocycles. The van der Waals surface area contributed by atoms with Crippen LogP contribution >= 0.6 is 11.8 Å². The highest BCUT2D eigenvalue weighted by atomic mass is 32.2. The number of ether oxygens (including phenoxy) is 1. The molecule has 0 atom stereocenters. The molecular weight excluding hydrogens is 394 g/mol. The third kappa shape index (κ3) is 5.32. The molecule has 150 valence electrons. The molecule has 0 aliphatic carbocycles. The number of nitrogens with zero attached hydrogens (tertiary/aromatic N) is 4. The lowest BCUT2D eigenvalue weighted by atomic mass is 10.2. The highest BCUT2D eigenvalue weighted by Gasteiger charge is 2.14. The molecule has 0 unspecified atom stereocenters. The second-order valence-corrected chi connectivity index (χ2v) is 7.10. The Bertz CT molecular complexity index is 1020. The number of hydrogen-bond donors (Lipinski definition) is 1. The van der Waals surface area contributed by atoms with Gasteiger partial charge in [-0.25, -0.2) is 0 Å². The molecule has 0 saturated carbocycles. The van der Waals surface area contributed by atoms with E-state index in [1.165, 1.54) is 17.8 Å². The number of aryl methyl sites for hydroxylation is 1. The van der Waals surface area contributed by atoms with Crippen LogP contribution in [0.15, 0.2) is 53.7 Å². The maximum atomic E-state index is 12.2. The fraction of sp³-hybridized carbons (Fsp3) is 0.211. The number of aromatic nitrogens is 3. The number of rotatable bonds is 8. The zero-order valence-electron chi connectivity index (χ0n) is 15.9. The highest BCUT2D eigenvalue weighted by molar-refractivity contribution is 7.99. The predicted octanol–water partition coefficient (Wildman–Crippen LogP) is 3.34. The summed E-state index contributed by atoms with van der Waals surface area (Å²) in [6.45, 7) is 1.90. The standard InChI is InChI=1S/C19H19N5O4S/c1-13-8-9-14(10-16(13)24(26)27)20-18(25)12-29-19-22-21-17(23(19)2)11-28-15-6-4-3-5-7-15/h3-10H,11-12H2,1-2H3,(H,20,25). The van der Waals surface area contributed by atoms with Gasteiger partial charge in [0, 0.05) is 24.4 Å². The van der Waals surface area contributed by atoms with Gasteiger partial charge < -0.3 is 14.6 Å². The third-order valence-electron chi connectivity index (χ3n) is 4.06. The minimum atomic E-state index is -0.474. The van der Waals surface area contributed by atoms with E-state index in [4.69, 9.17) is 4.74 Å². The van der Waals surface area contributed by atoms with Crippen molar-refractivity contribution < 1.29 is 14.5 Å². The lowest BCUT2D eigenvalue weighted by molar-refractivity contribution is -0.385. The summed E-state index contributed by atoms with van der Waals surface area (Å²) >= 11 is 1.22. The van der Waals surface area contributed by atoms with E-state index < -0.39 is 4.92 Å². The number of carbonyl (C=O) groups is 1. The number of hydrogen-bond acceptors (Lipinski definition) is 7. The summed E-state index contributed by atoms with van der Waals surface area (Å²) in [5.74, 6) is 1.16. The van der Waals surface area contributed by atoms with Crippen molar-refractivity contribution in [3.05, 3.63) is 70.0 Å². The van der Waals surface area contributed by atoms with Crippen molar-refractivity contribution in [3.63, 3.8) is 0 Å². The molecule has 10 heteroatoms. The number of nitro groups is 1. The van der Waals surface area contributed by atoms with Gasteiger partial charge in [0.05, 0.1) is 10.7 Å². The van der Waals surface area contributed by atoms with Crippen LogP contribution in [0.5, 0.6) is 5.75 Å². The topological polar surface area (TPSA) is 112 Å². The van der Waals surface area contributed by atoms with Gasteiger partial charge in [-0.05, 0) is 25.1 Å². The van der Waals surface area contributed by atoms with Crippen LogP contribution in [0.1, 0.15) is 11.4 Å². The maximum Gasteiger partial charge on any atom is 0.274 e. The van der Waals surface area contributed by atoms with Gasteiger partial charge in [0.15, 0.2) is 11.0 Å². The van der Waals surface area contributed by atoms with E-state index in [1.807, 2.05) is 30.3 Å². The Balaban J connectivity index is 1.55. The Morgan fingerprint density at radius 1 is 1.24 bits per heavy atom. The number of amides is 1. The van der Waals surface area contributed by atoms with E-state index in [9.17, 15) is 14.9 Å². The van der Waals surface area contributed by atoms with Gasteiger partial charge in [-0.3, -0.25) is 14.9 Å². The van der Waals surface area contributed by atoms with E-state index in [1.54, 1.807) is 30.7 Å². The van der Waals surface area contributed by atoms with Crippen molar-refractivity contribution in [1.29, 1.82) is 0 Å². The van der Waals surface area contributed by atoms with Crippen LogP contribution < -0.4 is 10.1 Å². The Labute approximate surface area is 171 Å². The minimum Gasteiger partial charge on any atom is -0.486 e. The van der Waals surface area contributed by atoms with Crippen LogP contribution in [0.2, 0.25) is 0 Å². The molecule has 0 fully saturated rings. The molecule has 29 heavy (non-hydrogen) atoms. The SMILES string of the molecule is Cc1ccc(NC(=O)CSc2nnc(COc3ccccc3)n2C)cc1[N+](=O)[O-]. The summed E-state index contributed by atoms with van der Waals surface area (Å²) in [4.78, 5) is 22.7. The van der Waals surface area contributed by atoms with Crippen molar-refractivity contribution >= 4 is 29.0 Å². The molecule has 0 saturated heterocycles. The number of benzene rings is 2. The van der Waals surface area contributed by atoms with Crippen molar-refractivity contribution in [2.24, 2.45) is 7.05 Å². The van der Waals surface area contributed by atoms with Crippen LogP contribution in [0, 0.1) is 17.0 Å². The molecule has 1 heterocycles. The summed E-state index contributed by atoms with van der Waals surface area (Å²) in [6.07, 6.45) is 0. The molecule has 1 aromatic heterocycles. The Morgan fingerprint density at radius 2 is 2.00 bits per heavy atom. The van der Waals surface area contributed by atoms with Crippen molar-refractivity contribution in [2.75, 3.05) is 11.1 Å². The van der Waals surface area contributed by atoms with Gasteiger partial charge >= 0.3 is 0 Å². The summed E-state index contributed by atoms with van der Waals surface area (Å²) in [5, 5.41) is 22.4. The Kier molecular flexibility index (Phi) is 6.45. The number of para-hydroxylation sites is 1. The zero-order chi connectivity index (χ0) is 20.8. The molecule has 1 N–H and O–H groups in total. The average molecular weight is 413 g/mol. The van der Waals surface area contributed by atoms with Crippen LogP contribution in [0.4, 0.5) is 11.4 Å². The smallest absolute Gasteiger partial charge is 0.274 e. The molecule has 0 radical (unpaired) electrons. The Hall–Kier alpha value is -3.40. The quantitative estimate of drug-likeness (QED) is 0.342. The molecule has 0 spiro atoms. The largest absolute Gasteiger partial charge is 0.486 e. The normalized spacial score (nSPS) is 10.6. The molecule has 1 amide bonds. The first-order chi connectivity index (χ1) is 13.9. The number of carbonyl (C=O) groups excluding carboxylic acids is 1. The van der Waals surface area contributed by atoms with E-state index in [0.29, 0.717) is 22.2 Å². The number of anilines is 1. The van der Waals surface area contributed by atoms with Gasteiger partial charge in [-0.2, -0.15) is 0 Å². The lowest BCUT2D eigenvalue weighted by Crippen LogP contribution is -2.14. The zero-order valence-corrected chi connectivity index (χ0v) is 16.7. The summed E-state index contributed by atoms with van der Waals surface area (Å²) < 4.78 is 7.43. The number of thioether (sulfide) groups is 1. The maximum absolute atomic E-state index is 12.2. The summed E-state index contributed by atoms with van der Waals surface area (Å²) in [6, 6.07) is 14.0. The predicted molar refractivity (Wildman–Crippen MR) is 109 cm³/mol. The highest BCUT2D eigenvalue weighted by Crippen LogP contribution is 2.23. The molecule has 0 aliphatic heterocycles. The lowest BCUT2D eigenvalue weighted by Gasteiger charge is -2.07. The van der Waals surface area contributed by atoms with Crippen molar-refractivity contribution in [1.82, 2.24) is 14.8 Å². The van der Waals surface area contributed by atoms with Crippen molar-refractivity contribution in [3.8, 4) is 5.75 Å². The summed E-state index contributed by atoms with van der Waals surface area (Å²) in [5.41, 5.74) is 0.876. The monoisotopic (exact) mass is 413 g/mol. The molecular formula is C19H19N5O4S. The van der Waals surface area contributed by atoms with E-state index >= 15 is 0 Å². The molecule has 3 aromatic rings. The fourth-order valence-corrected chi connectivity index (χ4v) is 3.20. The van der Waals surface area contributed by atoms with Gasteiger partial charge in [0.1, 0.15) is 12.4 Å². The number of nitro benzene ring substituents is 1. The molecule has 3 rings (SSSR count). The van der Waals surface area contributed by atoms with Crippen LogP contribution in [0.3, 0.4) is 0 Å². The summed E-state index contributed by atoms with van der Waals surface area (Å²) in [7, 11) is 1.80. The first-order valence-corrected chi connectivity index (χ1v) is 9.66. The van der Waals surface area contributed by atoms with Crippen LogP contribution in [-0.4, -0.2) is 31.3 Å². The second kappa shape index (κ2) is 9.20. The van der Waals surface area contributed by atoms with Gasteiger partial charge in [0.25, 0.3) is 5.69 Å². The Morgan fingerprint density at radius 3 is 2.72 bits per heavy atom. The first kappa shape index (κ1) is 20.3. The van der Waals surface area contributed by atoms with Crippen LogP contribution in [-0.2, 0) is 18.4 Å². The van der Waals surface area contributed by atoms with Crippen molar-refractivity contribution in [2.45, 2.75) is 18.7 Å². The molecule has 9 nitrogen and oxygen atoms in total. The van der Waals surface area contributed by atoms with E-state index in [-0.39, 0.29) is 24.0 Å². The van der Waals surface area contributed by atoms with Gasteiger partial charge in [-0.1, -0.05) is 36.0 Å². The van der Waals surface area contributed by atoms with Crippen LogP contribution in [0.25, 0.3) is 0 Å². The fourth-order valence-electron chi connectivity index (χ4n) is 2.47. The average Bonchev–Trinajstić information content (AvgIpc) is 3.06. The third-order valence-corrected chi connectivity index (χ3v) is 5.08. The van der Waals surface area contributed by atoms with Gasteiger partial charge in [0.2, 0.25) is 5.91 Å². The number of nitrogens with one attached hydrogen (secondary N) is 1. The second-order valence-electron chi connectivity index (χ2n) is 6.15. The van der Waals surface area contributed by atoms with Gasteiger partial charge in [-0.15, -0.1) is 10.2 Å². The first-order valence-electron chi connectivity index (χ1n) is 8.68. The minimum absolute atomic E-state index is 0.0354. The molecule has 0 aliphatic rings. The van der Waals surface area contributed by atoms with E-state index in [2.05, 4.69) is 15.5 Å².